The van der Waals surface area contributed by atoms with E-state index in [1.165, 1.54) is 0 Å². The van der Waals surface area contributed by atoms with Crippen LogP contribution in [0.5, 0.6) is 11.5 Å². The zero-order valence-corrected chi connectivity index (χ0v) is 18.4. The molecule has 1 aliphatic heterocycles. The van der Waals surface area contributed by atoms with Crippen LogP contribution in [0.2, 0.25) is 0 Å². The summed E-state index contributed by atoms with van der Waals surface area (Å²) >= 11 is 0. The van der Waals surface area contributed by atoms with E-state index in [9.17, 15) is 4.79 Å². The van der Waals surface area contributed by atoms with E-state index in [2.05, 4.69) is 10.2 Å². The van der Waals surface area contributed by atoms with Gasteiger partial charge in [0.2, 0.25) is 0 Å². The highest BCUT2D eigenvalue weighted by molar-refractivity contribution is 6.00. The molecular formula is C24H28N4O4. The molecule has 0 aliphatic carbocycles. The smallest absolute Gasteiger partial charge is 0.255 e. The molecule has 8 heteroatoms. The van der Waals surface area contributed by atoms with E-state index < -0.39 is 0 Å². The number of nitrogens with one attached hydrogen (secondary N) is 1. The maximum absolute atomic E-state index is 13.2. The topological polar surface area (TPSA) is 77.9 Å². The molecule has 0 unspecified atom stereocenters. The van der Waals surface area contributed by atoms with Gasteiger partial charge in [0, 0.05) is 44.0 Å². The van der Waals surface area contributed by atoms with E-state index in [-0.39, 0.29) is 5.91 Å². The summed E-state index contributed by atoms with van der Waals surface area (Å²) < 4.78 is 18.0. The molecule has 2 aromatic carbocycles. The Morgan fingerprint density at radius 2 is 1.88 bits per heavy atom. The molecule has 3 aromatic rings. The number of para-hydroxylation sites is 1. The minimum absolute atomic E-state index is 0.173. The molecule has 0 radical (unpaired) electrons. The lowest BCUT2D eigenvalue weighted by Crippen LogP contribution is -2.41. The fourth-order valence-corrected chi connectivity index (χ4v) is 3.69. The molecule has 1 aliphatic rings. The molecule has 1 saturated heterocycles. The van der Waals surface area contributed by atoms with Crippen LogP contribution in [0.25, 0.3) is 16.9 Å². The number of methoxy groups -OCH3 is 2. The zero-order chi connectivity index (χ0) is 22.3. The highest BCUT2D eigenvalue weighted by Crippen LogP contribution is 2.34. The number of carbonyl (C=O) groups excluding carboxylic acids is 1. The summed E-state index contributed by atoms with van der Waals surface area (Å²) in [6.07, 6.45) is 1.76. The summed E-state index contributed by atoms with van der Waals surface area (Å²) in [7, 11) is 3.19. The highest BCUT2D eigenvalue weighted by Gasteiger charge is 2.22. The van der Waals surface area contributed by atoms with E-state index in [0.717, 1.165) is 44.1 Å². The number of nitrogens with zero attached hydrogens (tertiary/aromatic N) is 3. The van der Waals surface area contributed by atoms with Crippen LogP contribution >= 0.6 is 0 Å². The third-order valence-corrected chi connectivity index (χ3v) is 5.46. The lowest BCUT2D eigenvalue weighted by atomic mass is 10.1. The number of hydrogen-bond acceptors (Lipinski definition) is 6. The Balaban J connectivity index is 1.63. The molecule has 32 heavy (non-hydrogen) atoms. The van der Waals surface area contributed by atoms with Gasteiger partial charge in [0.1, 0.15) is 17.2 Å². The van der Waals surface area contributed by atoms with Gasteiger partial charge in [-0.1, -0.05) is 18.2 Å². The second-order valence-corrected chi connectivity index (χ2v) is 7.45. The standard InChI is InChI=1S/C24H28N4O4/c1-30-19-8-9-20(22(16-19)31-2)23-21(17-28(26-23)18-6-4-3-5-7-18)24(29)25-10-11-27-12-14-32-15-13-27/h3-9,16-17H,10-15H2,1-2H3,(H,25,29). The molecule has 0 spiro atoms. The molecule has 4 rings (SSSR count). The summed E-state index contributed by atoms with van der Waals surface area (Å²) in [5.74, 6) is 1.09. The van der Waals surface area contributed by atoms with Crippen molar-refractivity contribution in [3.63, 3.8) is 0 Å². The lowest BCUT2D eigenvalue weighted by Gasteiger charge is -2.26. The monoisotopic (exact) mass is 436 g/mol. The van der Waals surface area contributed by atoms with Crippen LogP contribution in [0, 0.1) is 0 Å². The third-order valence-electron chi connectivity index (χ3n) is 5.46. The van der Waals surface area contributed by atoms with Crippen molar-refractivity contribution in [1.29, 1.82) is 0 Å². The lowest BCUT2D eigenvalue weighted by molar-refractivity contribution is 0.0383. The minimum Gasteiger partial charge on any atom is -0.497 e. The van der Waals surface area contributed by atoms with Gasteiger partial charge in [0.25, 0.3) is 5.91 Å². The Hall–Kier alpha value is -3.36. The van der Waals surface area contributed by atoms with Crippen molar-refractivity contribution in [2.24, 2.45) is 0 Å². The summed E-state index contributed by atoms with van der Waals surface area (Å²) in [6, 6.07) is 15.2. The average molecular weight is 437 g/mol. The second kappa shape index (κ2) is 10.3. The Labute approximate surface area is 187 Å². The summed E-state index contributed by atoms with van der Waals surface area (Å²) in [4.78, 5) is 15.5. The number of amides is 1. The molecule has 1 fully saturated rings. The average Bonchev–Trinajstić information content (AvgIpc) is 3.30. The van der Waals surface area contributed by atoms with E-state index in [0.29, 0.717) is 29.3 Å². The molecule has 1 N–H and O–H groups in total. The van der Waals surface area contributed by atoms with Crippen molar-refractivity contribution in [3.05, 3.63) is 60.3 Å². The normalized spacial score (nSPS) is 14.2. The van der Waals surface area contributed by atoms with Gasteiger partial charge in [-0.05, 0) is 24.3 Å². The van der Waals surface area contributed by atoms with Gasteiger partial charge in [-0.2, -0.15) is 5.10 Å². The van der Waals surface area contributed by atoms with Crippen molar-refractivity contribution < 1.29 is 19.0 Å². The number of rotatable bonds is 8. The van der Waals surface area contributed by atoms with Gasteiger partial charge in [-0.15, -0.1) is 0 Å². The number of ether oxygens (including phenoxy) is 3. The fraction of sp³-hybridized carbons (Fsp3) is 0.333. The quantitative estimate of drug-likeness (QED) is 0.585. The van der Waals surface area contributed by atoms with Crippen LogP contribution in [0.3, 0.4) is 0 Å². The predicted molar refractivity (Wildman–Crippen MR) is 122 cm³/mol. The Morgan fingerprint density at radius 1 is 1.09 bits per heavy atom. The van der Waals surface area contributed by atoms with Crippen molar-refractivity contribution in [3.8, 4) is 28.4 Å². The van der Waals surface area contributed by atoms with Crippen LogP contribution in [-0.4, -0.2) is 74.2 Å². The van der Waals surface area contributed by atoms with Gasteiger partial charge in [0.05, 0.1) is 38.7 Å². The van der Waals surface area contributed by atoms with E-state index >= 15 is 0 Å². The molecule has 1 aromatic heterocycles. The molecule has 0 bridgehead atoms. The zero-order valence-electron chi connectivity index (χ0n) is 18.4. The van der Waals surface area contributed by atoms with Crippen LogP contribution < -0.4 is 14.8 Å². The Bertz CT molecular complexity index is 1050. The van der Waals surface area contributed by atoms with Gasteiger partial charge < -0.3 is 19.5 Å². The summed E-state index contributed by atoms with van der Waals surface area (Å²) in [5.41, 5.74) is 2.63. The maximum atomic E-state index is 13.2. The van der Waals surface area contributed by atoms with Crippen LogP contribution in [-0.2, 0) is 4.74 Å². The van der Waals surface area contributed by atoms with Crippen molar-refractivity contribution in [2.75, 3.05) is 53.6 Å². The van der Waals surface area contributed by atoms with Crippen molar-refractivity contribution in [2.45, 2.75) is 0 Å². The van der Waals surface area contributed by atoms with Gasteiger partial charge in [-0.25, -0.2) is 4.68 Å². The van der Waals surface area contributed by atoms with Crippen molar-refractivity contribution >= 4 is 5.91 Å². The predicted octanol–water partition coefficient (Wildman–Crippen LogP) is 2.62. The first-order valence-corrected chi connectivity index (χ1v) is 10.7. The Kier molecular flexibility index (Phi) is 7.03. The van der Waals surface area contributed by atoms with Crippen LogP contribution in [0.4, 0.5) is 0 Å². The maximum Gasteiger partial charge on any atom is 0.255 e. The number of carbonyl (C=O) groups is 1. The first-order chi connectivity index (χ1) is 15.7. The van der Waals surface area contributed by atoms with Crippen LogP contribution in [0.1, 0.15) is 10.4 Å². The molecule has 1 amide bonds. The number of morpholine rings is 1. The summed E-state index contributed by atoms with van der Waals surface area (Å²) in [5, 5.41) is 7.78. The highest BCUT2D eigenvalue weighted by atomic mass is 16.5. The van der Waals surface area contributed by atoms with E-state index in [1.54, 1.807) is 31.2 Å². The molecule has 8 nitrogen and oxygen atoms in total. The molecule has 2 heterocycles. The number of aromatic nitrogens is 2. The van der Waals surface area contributed by atoms with Gasteiger partial charge >= 0.3 is 0 Å². The largest absolute Gasteiger partial charge is 0.497 e. The van der Waals surface area contributed by atoms with Gasteiger partial charge in [0.15, 0.2) is 0 Å². The molecule has 0 saturated carbocycles. The SMILES string of the molecule is COc1ccc(-c2nn(-c3ccccc3)cc2C(=O)NCCN2CCOCC2)c(OC)c1. The Morgan fingerprint density at radius 3 is 2.59 bits per heavy atom. The summed E-state index contributed by atoms with van der Waals surface area (Å²) in [6.45, 7) is 4.57. The van der Waals surface area contributed by atoms with E-state index in [1.807, 2.05) is 42.5 Å². The van der Waals surface area contributed by atoms with Crippen LogP contribution in [0.15, 0.2) is 54.7 Å². The first-order valence-electron chi connectivity index (χ1n) is 10.7. The molecular weight excluding hydrogens is 408 g/mol. The first kappa shape index (κ1) is 21.9. The third kappa shape index (κ3) is 4.92. The molecule has 0 atom stereocenters. The fourth-order valence-electron chi connectivity index (χ4n) is 3.69. The second-order valence-electron chi connectivity index (χ2n) is 7.45. The van der Waals surface area contributed by atoms with E-state index in [4.69, 9.17) is 19.3 Å². The van der Waals surface area contributed by atoms with Gasteiger partial charge in [-0.3, -0.25) is 9.69 Å². The molecule has 168 valence electrons. The minimum atomic E-state index is -0.173. The van der Waals surface area contributed by atoms with Crippen molar-refractivity contribution in [1.82, 2.24) is 20.0 Å². The number of benzene rings is 2. The number of hydrogen-bond donors (Lipinski definition) is 1.